The lowest BCUT2D eigenvalue weighted by atomic mass is 10.1. The SMILES string of the molecule is CCn1ncc(Br)c1CC(NC(=O)OC(C)(C)C)C(=O)O. The molecule has 0 aliphatic carbocycles. The van der Waals surface area contributed by atoms with Crippen molar-refractivity contribution in [1.29, 1.82) is 0 Å². The average Bonchev–Trinajstić information content (AvgIpc) is 2.67. The molecule has 0 bridgehead atoms. The van der Waals surface area contributed by atoms with Crippen LogP contribution in [0.2, 0.25) is 0 Å². The summed E-state index contributed by atoms with van der Waals surface area (Å²) in [6.45, 7) is 7.65. The molecule has 0 fully saturated rings. The van der Waals surface area contributed by atoms with Crippen LogP contribution in [-0.2, 0) is 22.5 Å². The third-order valence-corrected chi connectivity index (χ3v) is 3.25. The fourth-order valence-electron chi connectivity index (χ4n) is 1.71. The number of halogens is 1. The molecule has 118 valence electrons. The van der Waals surface area contributed by atoms with Crippen molar-refractivity contribution in [1.82, 2.24) is 15.1 Å². The predicted octanol–water partition coefficient (Wildman–Crippen LogP) is 2.19. The summed E-state index contributed by atoms with van der Waals surface area (Å²) in [6, 6.07) is -1.09. The zero-order valence-corrected chi connectivity index (χ0v) is 14.1. The molecule has 2 N–H and O–H groups in total. The molecule has 0 aliphatic heterocycles. The Morgan fingerprint density at radius 1 is 1.52 bits per heavy atom. The van der Waals surface area contributed by atoms with Gasteiger partial charge in [0, 0.05) is 13.0 Å². The lowest BCUT2D eigenvalue weighted by Crippen LogP contribution is -2.45. The minimum atomic E-state index is -1.13. The van der Waals surface area contributed by atoms with Crippen molar-refractivity contribution in [2.24, 2.45) is 0 Å². The van der Waals surface area contributed by atoms with Gasteiger partial charge in [0.25, 0.3) is 0 Å². The highest BCUT2D eigenvalue weighted by molar-refractivity contribution is 9.10. The molecule has 1 atom stereocenters. The van der Waals surface area contributed by atoms with Gasteiger partial charge >= 0.3 is 12.1 Å². The molecule has 8 heteroatoms. The number of hydrogen-bond acceptors (Lipinski definition) is 4. The number of rotatable bonds is 5. The van der Waals surface area contributed by atoms with Gasteiger partial charge in [-0.15, -0.1) is 0 Å². The van der Waals surface area contributed by atoms with Crippen LogP contribution >= 0.6 is 15.9 Å². The molecule has 1 amide bonds. The van der Waals surface area contributed by atoms with Crippen molar-refractivity contribution in [2.45, 2.75) is 52.3 Å². The first-order valence-electron chi connectivity index (χ1n) is 6.56. The Morgan fingerprint density at radius 3 is 2.62 bits per heavy atom. The lowest BCUT2D eigenvalue weighted by Gasteiger charge is -2.22. The average molecular weight is 362 g/mol. The number of carboxylic acids is 1. The van der Waals surface area contributed by atoms with E-state index in [4.69, 9.17) is 4.74 Å². The van der Waals surface area contributed by atoms with Gasteiger partial charge < -0.3 is 15.2 Å². The van der Waals surface area contributed by atoms with Gasteiger partial charge in [0.2, 0.25) is 0 Å². The maximum absolute atomic E-state index is 11.7. The number of nitrogens with zero attached hydrogens (tertiary/aromatic N) is 2. The van der Waals surface area contributed by atoms with Crippen molar-refractivity contribution < 1.29 is 19.4 Å². The Labute approximate surface area is 131 Å². The second-order valence-electron chi connectivity index (χ2n) is 5.50. The van der Waals surface area contributed by atoms with Crippen molar-refractivity contribution in [3.8, 4) is 0 Å². The molecular weight excluding hydrogens is 342 g/mol. The number of aryl methyl sites for hydroxylation is 1. The monoisotopic (exact) mass is 361 g/mol. The van der Waals surface area contributed by atoms with E-state index in [1.807, 2.05) is 6.92 Å². The molecule has 1 rings (SSSR count). The van der Waals surface area contributed by atoms with Crippen LogP contribution in [0, 0.1) is 0 Å². The molecular formula is C13H20BrN3O4. The highest BCUT2D eigenvalue weighted by Gasteiger charge is 2.26. The van der Waals surface area contributed by atoms with E-state index in [0.717, 1.165) is 0 Å². The molecule has 0 aliphatic rings. The van der Waals surface area contributed by atoms with Crippen LogP contribution in [0.4, 0.5) is 4.79 Å². The van der Waals surface area contributed by atoms with Crippen molar-refractivity contribution in [2.75, 3.05) is 0 Å². The zero-order valence-electron chi connectivity index (χ0n) is 12.5. The Balaban J connectivity index is 2.81. The number of nitrogens with one attached hydrogen (secondary N) is 1. The van der Waals surface area contributed by atoms with E-state index in [9.17, 15) is 14.7 Å². The van der Waals surface area contributed by atoms with Gasteiger partial charge in [-0.05, 0) is 43.6 Å². The summed E-state index contributed by atoms with van der Waals surface area (Å²) >= 11 is 3.33. The van der Waals surface area contributed by atoms with Gasteiger partial charge in [0.05, 0.1) is 16.4 Å². The number of alkyl carbamates (subject to hydrolysis) is 1. The second-order valence-corrected chi connectivity index (χ2v) is 6.35. The Kier molecular flexibility index (Phi) is 5.77. The van der Waals surface area contributed by atoms with Crippen LogP contribution in [-0.4, -0.2) is 38.6 Å². The molecule has 1 aromatic heterocycles. The third kappa shape index (κ3) is 5.37. The highest BCUT2D eigenvalue weighted by Crippen LogP contribution is 2.18. The summed E-state index contributed by atoms with van der Waals surface area (Å²) in [7, 11) is 0. The van der Waals surface area contributed by atoms with Crippen molar-refractivity contribution >= 4 is 28.0 Å². The van der Waals surface area contributed by atoms with Crippen LogP contribution in [0.5, 0.6) is 0 Å². The van der Waals surface area contributed by atoms with Gasteiger partial charge in [-0.2, -0.15) is 5.10 Å². The Morgan fingerprint density at radius 2 is 2.14 bits per heavy atom. The van der Waals surface area contributed by atoms with E-state index < -0.39 is 23.7 Å². The van der Waals surface area contributed by atoms with Gasteiger partial charge in [-0.3, -0.25) is 4.68 Å². The first-order valence-corrected chi connectivity index (χ1v) is 7.36. The number of carboxylic acid groups (broad SMARTS) is 1. The summed E-state index contributed by atoms with van der Waals surface area (Å²) in [5.74, 6) is -1.13. The van der Waals surface area contributed by atoms with E-state index in [1.54, 1.807) is 31.6 Å². The third-order valence-electron chi connectivity index (χ3n) is 2.58. The molecule has 0 spiro atoms. The fraction of sp³-hybridized carbons (Fsp3) is 0.615. The lowest BCUT2D eigenvalue weighted by molar-refractivity contribution is -0.139. The zero-order chi connectivity index (χ0) is 16.2. The number of carbonyl (C=O) groups excluding carboxylic acids is 1. The molecule has 0 radical (unpaired) electrons. The number of carbonyl (C=O) groups is 2. The summed E-state index contributed by atoms with van der Waals surface area (Å²) < 4.78 is 7.46. The van der Waals surface area contributed by atoms with E-state index in [0.29, 0.717) is 16.7 Å². The molecule has 1 aromatic rings. The molecule has 1 heterocycles. The molecule has 1 unspecified atom stereocenters. The van der Waals surface area contributed by atoms with E-state index >= 15 is 0 Å². The largest absolute Gasteiger partial charge is 0.480 e. The van der Waals surface area contributed by atoms with Crippen LogP contribution in [0.15, 0.2) is 10.7 Å². The number of amides is 1. The molecule has 0 saturated carbocycles. The molecule has 21 heavy (non-hydrogen) atoms. The predicted molar refractivity (Wildman–Crippen MR) is 80.1 cm³/mol. The molecule has 0 saturated heterocycles. The first-order chi connectivity index (χ1) is 9.64. The van der Waals surface area contributed by atoms with Gasteiger partial charge in [-0.1, -0.05) is 0 Å². The fourth-order valence-corrected chi connectivity index (χ4v) is 2.16. The number of aliphatic carboxylic acids is 1. The standard InChI is InChI=1S/C13H20BrN3O4/c1-5-17-10(8(14)7-15-17)6-9(11(18)19)16-12(20)21-13(2,3)4/h7,9H,5-6H2,1-4H3,(H,16,20)(H,18,19). The Hall–Kier alpha value is -1.57. The van der Waals surface area contributed by atoms with Crippen LogP contribution < -0.4 is 5.32 Å². The quantitative estimate of drug-likeness (QED) is 0.838. The highest BCUT2D eigenvalue weighted by atomic mass is 79.9. The van der Waals surface area contributed by atoms with Crippen molar-refractivity contribution in [3.63, 3.8) is 0 Å². The topological polar surface area (TPSA) is 93.5 Å². The van der Waals surface area contributed by atoms with Crippen LogP contribution in [0.25, 0.3) is 0 Å². The normalized spacial score (nSPS) is 12.8. The minimum absolute atomic E-state index is 0.114. The van der Waals surface area contributed by atoms with Gasteiger partial charge in [-0.25, -0.2) is 9.59 Å². The van der Waals surface area contributed by atoms with Crippen LogP contribution in [0.1, 0.15) is 33.4 Å². The van der Waals surface area contributed by atoms with Crippen LogP contribution in [0.3, 0.4) is 0 Å². The number of hydrogen-bond donors (Lipinski definition) is 2. The Bertz CT molecular complexity index is 522. The maximum atomic E-state index is 11.7. The van der Waals surface area contributed by atoms with Gasteiger partial charge in [0.1, 0.15) is 11.6 Å². The van der Waals surface area contributed by atoms with E-state index in [-0.39, 0.29) is 6.42 Å². The van der Waals surface area contributed by atoms with E-state index in [1.165, 1.54) is 0 Å². The maximum Gasteiger partial charge on any atom is 0.408 e. The first kappa shape index (κ1) is 17.5. The number of ether oxygens (including phenoxy) is 1. The molecule has 7 nitrogen and oxygen atoms in total. The molecule has 0 aromatic carbocycles. The second kappa shape index (κ2) is 6.93. The van der Waals surface area contributed by atoms with E-state index in [2.05, 4.69) is 26.3 Å². The smallest absolute Gasteiger partial charge is 0.408 e. The number of aromatic nitrogens is 2. The summed E-state index contributed by atoms with van der Waals surface area (Å²) in [5, 5.41) is 15.7. The summed E-state index contributed by atoms with van der Waals surface area (Å²) in [4.78, 5) is 23.0. The summed E-state index contributed by atoms with van der Waals surface area (Å²) in [6.07, 6.45) is 0.961. The van der Waals surface area contributed by atoms with Crippen molar-refractivity contribution in [3.05, 3.63) is 16.4 Å². The van der Waals surface area contributed by atoms with Gasteiger partial charge in [0.15, 0.2) is 0 Å². The minimum Gasteiger partial charge on any atom is -0.480 e. The summed E-state index contributed by atoms with van der Waals surface area (Å²) in [5.41, 5.74) is 0.0276.